The predicted octanol–water partition coefficient (Wildman–Crippen LogP) is 6.50. The van der Waals surface area contributed by atoms with Crippen LogP contribution in [0.25, 0.3) is 5.69 Å². The van der Waals surface area contributed by atoms with Crippen LogP contribution in [-0.4, -0.2) is 22.8 Å². The highest BCUT2D eigenvalue weighted by atomic mass is 35.5. The number of benzene rings is 4. The molecular weight excluding hydrogens is 547 g/mol. The van der Waals surface area contributed by atoms with Gasteiger partial charge in [0.05, 0.1) is 19.0 Å². The fourth-order valence-electron chi connectivity index (χ4n) is 3.96. The van der Waals surface area contributed by atoms with Gasteiger partial charge in [-0.1, -0.05) is 35.9 Å². The Balaban J connectivity index is 1.45. The summed E-state index contributed by atoms with van der Waals surface area (Å²) in [6.07, 6.45) is 1.42. The molecule has 4 aromatic carbocycles. The zero-order valence-corrected chi connectivity index (χ0v) is 22.6. The summed E-state index contributed by atoms with van der Waals surface area (Å²) in [5.74, 6) is 0.604. The number of ether oxygens (including phenoxy) is 2. The van der Waals surface area contributed by atoms with Crippen LogP contribution in [0.2, 0.25) is 5.02 Å². The second kappa shape index (κ2) is 12.4. The van der Waals surface area contributed by atoms with E-state index in [-0.39, 0.29) is 29.7 Å². The molecule has 0 unspecified atom stereocenters. The first-order valence-corrected chi connectivity index (χ1v) is 12.9. The number of nitrogens with one attached hydrogen (secondary N) is 2. The third-order valence-electron chi connectivity index (χ3n) is 6.04. The van der Waals surface area contributed by atoms with Crippen molar-refractivity contribution >= 4 is 28.9 Å². The van der Waals surface area contributed by atoms with Crippen molar-refractivity contribution in [1.82, 2.24) is 15.1 Å². The van der Waals surface area contributed by atoms with Gasteiger partial charge < -0.3 is 20.1 Å². The predicted molar refractivity (Wildman–Crippen MR) is 155 cm³/mol. The minimum atomic E-state index is -0.496. The SMILES string of the molecule is COc1ccc(Oc2cnn(-c3cccc(Cl)c3)c(=O)c2Nc2cccc(C(=O)NCc3ccc(F)cc3)c2)cc1. The Morgan fingerprint density at radius 2 is 1.68 bits per heavy atom. The standard InChI is InChI=1S/C31H24ClFN4O4/c1-40-26-12-14-27(15-13-26)41-28-19-35-37(25-7-3-5-22(32)17-25)31(39)29(28)36-24-6-2-4-21(16-24)30(38)34-18-20-8-10-23(33)11-9-20/h2-17,19,36H,18H2,1H3,(H,34,38). The second-order valence-electron chi connectivity index (χ2n) is 8.87. The molecule has 1 heterocycles. The van der Waals surface area contributed by atoms with Crippen LogP contribution in [0, 0.1) is 5.82 Å². The van der Waals surface area contributed by atoms with Gasteiger partial charge in [0.2, 0.25) is 0 Å². The molecule has 10 heteroatoms. The molecule has 0 aliphatic rings. The number of aromatic nitrogens is 2. The van der Waals surface area contributed by atoms with Crippen molar-refractivity contribution in [3.63, 3.8) is 0 Å². The topological polar surface area (TPSA) is 94.5 Å². The molecule has 0 atom stereocenters. The smallest absolute Gasteiger partial charge is 0.299 e. The summed E-state index contributed by atoms with van der Waals surface area (Å²) in [5, 5.41) is 10.7. The number of amides is 1. The van der Waals surface area contributed by atoms with Gasteiger partial charge in [-0.05, 0) is 78.4 Å². The van der Waals surface area contributed by atoms with Gasteiger partial charge in [-0.15, -0.1) is 0 Å². The van der Waals surface area contributed by atoms with E-state index in [0.717, 1.165) is 5.56 Å². The van der Waals surface area contributed by atoms with Crippen LogP contribution in [0.4, 0.5) is 15.8 Å². The summed E-state index contributed by atoms with van der Waals surface area (Å²) in [6.45, 7) is 0.227. The van der Waals surface area contributed by atoms with Crippen LogP contribution >= 0.6 is 11.6 Å². The molecule has 0 bridgehead atoms. The van der Waals surface area contributed by atoms with Crippen LogP contribution in [0.5, 0.6) is 17.2 Å². The number of methoxy groups -OCH3 is 1. The zero-order chi connectivity index (χ0) is 28.8. The van der Waals surface area contributed by atoms with E-state index < -0.39 is 5.56 Å². The molecule has 206 valence electrons. The Kier molecular flexibility index (Phi) is 8.26. The Labute approximate surface area is 239 Å². The van der Waals surface area contributed by atoms with Crippen LogP contribution in [0.3, 0.4) is 0 Å². The van der Waals surface area contributed by atoms with E-state index in [1.54, 1.807) is 92.0 Å². The number of carbonyl (C=O) groups is 1. The number of anilines is 2. The Morgan fingerprint density at radius 1 is 0.951 bits per heavy atom. The lowest BCUT2D eigenvalue weighted by atomic mass is 10.1. The zero-order valence-electron chi connectivity index (χ0n) is 21.8. The maximum absolute atomic E-state index is 13.7. The molecule has 0 saturated heterocycles. The van der Waals surface area contributed by atoms with Gasteiger partial charge in [0.15, 0.2) is 11.4 Å². The molecule has 0 radical (unpaired) electrons. The minimum absolute atomic E-state index is 0.0969. The van der Waals surface area contributed by atoms with E-state index in [0.29, 0.717) is 33.5 Å². The molecule has 41 heavy (non-hydrogen) atoms. The van der Waals surface area contributed by atoms with Crippen LogP contribution in [-0.2, 0) is 6.54 Å². The second-order valence-corrected chi connectivity index (χ2v) is 9.31. The molecular formula is C31H24ClFN4O4. The number of hydrogen-bond acceptors (Lipinski definition) is 6. The largest absolute Gasteiger partial charge is 0.497 e. The van der Waals surface area contributed by atoms with Crippen LogP contribution < -0.4 is 25.7 Å². The van der Waals surface area contributed by atoms with Crippen molar-refractivity contribution in [2.45, 2.75) is 6.54 Å². The molecule has 0 spiro atoms. The third-order valence-corrected chi connectivity index (χ3v) is 6.28. The average Bonchev–Trinajstić information content (AvgIpc) is 2.99. The Hall–Kier alpha value is -5.15. The summed E-state index contributed by atoms with van der Waals surface area (Å²) in [4.78, 5) is 26.5. The van der Waals surface area contributed by atoms with Gasteiger partial charge >= 0.3 is 0 Å². The summed E-state index contributed by atoms with van der Waals surface area (Å²) < 4.78 is 25.6. The number of halogens is 2. The normalized spacial score (nSPS) is 10.6. The molecule has 5 aromatic rings. The van der Waals surface area contributed by atoms with Crippen LogP contribution in [0.15, 0.2) is 108 Å². The first-order chi connectivity index (χ1) is 19.9. The molecule has 1 aromatic heterocycles. The van der Waals surface area contributed by atoms with Gasteiger partial charge in [-0.2, -0.15) is 9.78 Å². The number of rotatable bonds is 9. The monoisotopic (exact) mass is 570 g/mol. The van der Waals surface area contributed by atoms with E-state index in [2.05, 4.69) is 15.7 Å². The number of hydrogen-bond donors (Lipinski definition) is 2. The van der Waals surface area contributed by atoms with Crippen molar-refractivity contribution in [3.05, 3.63) is 136 Å². The average molecular weight is 571 g/mol. The first-order valence-electron chi connectivity index (χ1n) is 12.5. The quantitative estimate of drug-likeness (QED) is 0.210. The molecule has 8 nitrogen and oxygen atoms in total. The Bertz CT molecular complexity index is 1740. The number of nitrogens with zero attached hydrogens (tertiary/aromatic N) is 2. The van der Waals surface area contributed by atoms with E-state index in [9.17, 15) is 14.0 Å². The summed E-state index contributed by atoms with van der Waals surface area (Å²) in [6, 6.07) is 26.2. The van der Waals surface area contributed by atoms with Gasteiger partial charge in [-0.3, -0.25) is 9.59 Å². The third kappa shape index (κ3) is 6.71. The van der Waals surface area contributed by atoms with E-state index in [1.807, 2.05) is 0 Å². The van der Waals surface area contributed by atoms with Gasteiger partial charge in [0.25, 0.3) is 11.5 Å². The van der Waals surface area contributed by atoms with Crippen molar-refractivity contribution in [2.75, 3.05) is 12.4 Å². The van der Waals surface area contributed by atoms with E-state index in [1.165, 1.54) is 23.0 Å². The summed E-state index contributed by atoms with van der Waals surface area (Å²) >= 11 is 6.15. The van der Waals surface area contributed by atoms with Gasteiger partial charge in [-0.25, -0.2) is 4.39 Å². The molecule has 2 N–H and O–H groups in total. The molecule has 0 aliphatic carbocycles. The number of carbonyl (C=O) groups excluding carboxylic acids is 1. The lowest BCUT2D eigenvalue weighted by Crippen LogP contribution is -2.24. The van der Waals surface area contributed by atoms with Crippen molar-refractivity contribution in [2.24, 2.45) is 0 Å². The summed E-state index contributed by atoms with van der Waals surface area (Å²) in [5.41, 5.74) is 1.66. The molecule has 1 amide bonds. The molecule has 0 aliphatic heterocycles. The highest BCUT2D eigenvalue weighted by Gasteiger charge is 2.17. The fraction of sp³-hybridized carbons (Fsp3) is 0.0645. The van der Waals surface area contributed by atoms with Crippen molar-refractivity contribution < 1.29 is 18.7 Å². The van der Waals surface area contributed by atoms with Crippen molar-refractivity contribution in [1.29, 1.82) is 0 Å². The molecule has 5 rings (SSSR count). The highest BCUT2D eigenvalue weighted by Crippen LogP contribution is 2.30. The van der Waals surface area contributed by atoms with Crippen LogP contribution in [0.1, 0.15) is 15.9 Å². The van der Waals surface area contributed by atoms with E-state index >= 15 is 0 Å². The molecule has 0 saturated carbocycles. The fourth-order valence-corrected chi connectivity index (χ4v) is 4.15. The Morgan fingerprint density at radius 3 is 2.41 bits per heavy atom. The van der Waals surface area contributed by atoms with Gasteiger partial charge in [0, 0.05) is 22.8 Å². The maximum atomic E-state index is 13.7. The molecule has 0 fully saturated rings. The van der Waals surface area contributed by atoms with Gasteiger partial charge in [0.1, 0.15) is 17.3 Å². The van der Waals surface area contributed by atoms with Crippen molar-refractivity contribution in [3.8, 4) is 22.9 Å². The summed E-state index contributed by atoms with van der Waals surface area (Å²) in [7, 11) is 1.56. The minimum Gasteiger partial charge on any atom is -0.497 e. The lowest BCUT2D eigenvalue weighted by molar-refractivity contribution is 0.0951. The first kappa shape index (κ1) is 27.4. The van der Waals surface area contributed by atoms with E-state index in [4.69, 9.17) is 21.1 Å². The lowest BCUT2D eigenvalue weighted by Gasteiger charge is -2.15. The highest BCUT2D eigenvalue weighted by molar-refractivity contribution is 6.30. The maximum Gasteiger partial charge on any atom is 0.299 e.